The number of carbonyl (C=O) groups is 1. The lowest BCUT2D eigenvalue weighted by atomic mass is 10.2. The van der Waals surface area contributed by atoms with Gasteiger partial charge in [0.05, 0.1) is 4.90 Å². The number of benzene rings is 1. The second kappa shape index (κ2) is 6.29. The van der Waals surface area contributed by atoms with Crippen LogP contribution in [0.2, 0.25) is 0 Å². The molecule has 0 saturated heterocycles. The van der Waals surface area contributed by atoms with Crippen molar-refractivity contribution in [2.24, 2.45) is 5.73 Å². The Morgan fingerprint density at radius 2 is 1.94 bits per heavy atom. The molecule has 1 aromatic rings. The predicted molar refractivity (Wildman–Crippen MR) is 67.4 cm³/mol. The van der Waals surface area contributed by atoms with Gasteiger partial charge in [-0.3, -0.25) is 0 Å². The van der Waals surface area contributed by atoms with E-state index in [2.05, 4.69) is 4.72 Å². The van der Waals surface area contributed by atoms with E-state index in [4.69, 9.17) is 10.8 Å². The number of aliphatic carboxylic acids is 1. The van der Waals surface area contributed by atoms with Crippen LogP contribution in [0, 0.1) is 0 Å². The third-order valence-electron chi connectivity index (χ3n) is 2.05. The van der Waals surface area contributed by atoms with E-state index in [0.29, 0.717) is 5.56 Å². The van der Waals surface area contributed by atoms with Gasteiger partial charge in [0.1, 0.15) is 0 Å². The van der Waals surface area contributed by atoms with E-state index >= 15 is 0 Å². The first kappa shape index (κ1) is 14.4. The van der Waals surface area contributed by atoms with Gasteiger partial charge >= 0.3 is 5.97 Å². The molecule has 1 rings (SSSR count). The average molecular weight is 270 g/mol. The van der Waals surface area contributed by atoms with Gasteiger partial charge in [-0.25, -0.2) is 17.9 Å². The highest BCUT2D eigenvalue weighted by Gasteiger charge is 2.11. The number of carboxylic acid groups (broad SMARTS) is 1. The molecular weight excluding hydrogens is 256 g/mol. The van der Waals surface area contributed by atoms with Crippen molar-refractivity contribution in [1.29, 1.82) is 0 Å². The average Bonchev–Trinajstić information content (AvgIpc) is 2.34. The Morgan fingerprint density at radius 3 is 2.44 bits per heavy atom. The summed E-state index contributed by atoms with van der Waals surface area (Å²) in [4.78, 5) is 10.4. The normalized spacial score (nSPS) is 11.8. The summed E-state index contributed by atoms with van der Waals surface area (Å²) >= 11 is 0. The zero-order chi connectivity index (χ0) is 13.6. The second-order valence-electron chi connectivity index (χ2n) is 3.43. The Kier molecular flexibility index (Phi) is 5.02. The molecule has 6 nitrogen and oxygen atoms in total. The van der Waals surface area contributed by atoms with Crippen LogP contribution in [-0.2, 0) is 14.8 Å². The van der Waals surface area contributed by atoms with Crippen LogP contribution in [0.1, 0.15) is 5.56 Å². The first-order chi connectivity index (χ1) is 8.45. The molecule has 0 fully saturated rings. The molecule has 98 valence electrons. The molecule has 0 aliphatic heterocycles. The molecule has 0 saturated carbocycles. The molecule has 0 aromatic heterocycles. The van der Waals surface area contributed by atoms with Crippen molar-refractivity contribution in [2.45, 2.75) is 4.90 Å². The van der Waals surface area contributed by atoms with Gasteiger partial charge < -0.3 is 10.8 Å². The van der Waals surface area contributed by atoms with Gasteiger partial charge in [-0.1, -0.05) is 12.1 Å². The van der Waals surface area contributed by atoms with Crippen molar-refractivity contribution in [3.63, 3.8) is 0 Å². The number of hydrogen-bond acceptors (Lipinski definition) is 4. The molecule has 0 aliphatic carbocycles. The largest absolute Gasteiger partial charge is 0.478 e. The predicted octanol–water partition coefficient (Wildman–Crippen LogP) is 0.0214. The van der Waals surface area contributed by atoms with E-state index in [1.807, 2.05) is 0 Å². The quantitative estimate of drug-likeness (QED) is 0.631. The van der Waals surface area contributed by atoms with E-state index in [-0.39, 0.29) is 18.0 Å². The summed E-state index contributed by atoms with van der Waals surface area (Å²) in [7, 11) is -3.54. The number of hydrogen-bond donors (Lipinski definition) is 3. The standard InChI is InChI=1S/C11H14N2O4S/c12-7-8-13-18(16,17)10-4-1-9(2-5-10)3-6-11(14)15/h1-6,13H,7-8,12H2,(H,14,15). The number of rotatable bonds is 6. The zero-order valence-corrected chi connectivity index (χ0v) is 10.4. The van der Waals surface area contributed by atoms with Gasteiger partial charge in [0, 0.05) is 19.2 Å². The number of nitrogens with one attached hydrogen (secondary N) is 1. The summed E-state index contributed by atoms with van der Waals surface area (Å²) in [5.41, 5.74) is 5.82. The molecule has 0 amide bonds. The van der Waals surface area contributed by atoms with E-state index in [1.165, 1.54) is 30.3 Å². The Labute approximate surface area is 105 Å². The smallest absolute Gasteiger partial charge is 0.328 e. The summed E-state index contributed by atoms with van der Waals surface area (Å²) in [5, 5.41) is 8.45. The maximum Gasteiger partial charge on any atom is 0.328 e. The van der Waals surface area contributed by atoms with Gasteiger partial charge in [-0.2, -0.15) is 0 Å². The van der Waals surface area contributed by atoms with E-state index in [9.17, 15) is 13.2 Å². The molecule has 0 unspecified atom stereocenters. The SMILES string of the molecule is NCCNS(=O)(=O)c1ccc(C=CC(=O)O)cc1. The molecule has 0 heterocycles. The molecule has 1 aromatic carbocycles. The highest BCUT2D eigenvalue weighted by molar-refractivity contribution is 7.89. The fourth-order valence-corrected chi connectivity index (χ4v) is 2.25. The maximum atomic E-state index is 11.7. The summed E-state index contributed by atoms with van der Waals surface area (Å²) in [5.74, 6) is -1.06. The fraction of sp³-hybridized carbons (Fsp3) is 0.182. The Hall–Kier alpha value is -1.70. The third kappa shape index (κ3) is 4.28. The van der Waals surface area contributed by atoms with Crippen LogP contribution < -0.4 is 10.5 Å². The van der Waals surface area contributed by atoms with Crippen molar-refractivity contribution in [3.8, 4) is 0 Å². The highest BCUT2D eigenvalue weighted by atomic mass is 32.2. The number of sulfonamides is 1. The first-order valence-corrected chi connectivity index (χ1v) is 6.65. The van der Waals surface area contributed by atoms with Crippen LogP contribution in [-0.4, -0.2) is 32.6 Å². The Balaban J connectivity index is 2.86. The molecule has 0 bridgehead atoms. The van der Waals surface area contributed by atoms with Gasteiger partial charge in [-0.15, -0.1) is 0 Å². The van der Waals surface area contributed by atoms with Crippen molar-refractivity contribution in [1.82, 2.24) is 4.72 Å². The topological polar surface area (TPSA) is 109 Å². The van der Waals surface area contributed by atoms with Crippen molar-refractivity contribution < 1.29 is 18.3 Å². The minimum absolute atomic E-state index is 0.114. The molecule has 0 aliphatic rings. The molecule has 7 heteroatoms. The zero-order valence-electron chi connectivity index (χ0n) is 9.54. The van der Waals surface area contributed by atoms with E-state index in [1.54, 1.807) is 0 Å². The number of carboxylic acids is 1. The van der Waals surface area contributed by atoms with Crippen LogP contribution in [0.25, 0.3) is 6.08 Å². The van der Waals surface area contributed by atoms with Crippen LogP contribution in [0.15, 0.2) is 35.2 Å². The summed E-state index contributed by atoms with van der Waals surface area (Å²) in [6.45, 7) is 0.391. The number of nitrogens with two attached hydrogens (primary N) is 1. The van der Waals surface area contributed by atoms with Gasteiger partial charge in [0.25, 0.3) is 0 Å². The summed E-state index contributed by atoms with van der Waals surface area (Å²) in [6, 6.07) is 5.85. The maximum absolute atomic E-state index is 11.7. The Bertz CT molecular complexity index is 535. The minimum atomic E-state index is -3.54. The molecule has 0 atom stereocenters. The van der Waals surface area contributed by atoms with Crippen LogP contribution in [0.5, 0.6) is 0 Å². The fourth-order valence-electron chi connectivity index (χ4n) is 1.20. The molecule has 0 radical (unpaired) electrons. The van der Waals surface area contributed by atoms with Crippen LogP contribution in [0.4, 0.5) is 0 Å². The molecular formula is C11H14N2O4S. The highest BCUT2D eigenvalue weighted by Crippen LogP contribution is 2.11. The lowest BCUT2D eigenvalue weighted by molar-refractivity contribution is -0.131. The van der Waals surface area contributed by atoms with Crippen molar-refractivity contribution >= 4 is 22.1 Å². The van der Waals surface area contributed by atoms with Crippen molar-refractivity contribution in [3.05, 3.63) is 35.9 Å². The van der Waals surface area contributed by atoms with Gasteiger partial charge in [0.15, 0.2) is 0 Å². The van der Waals surface area contributed by atoms with Gasteiger partial charge in [-0.05, 0) is 23.8 Å². The summed E-state index contributed by atoms with van der Waals surface area (Å²) in [6.07, 6.45) is 2.36. The van der Waals surface area contributed by atoms with Crippen molar-refractivity contribution in [2.75, 3.05) is 13.1 Å². The van der Waals surface area contributed by atoms with E-state index < -0.39 is 16.0 Å². The molecule has 4 N–H and O–H groups in total. The lowest BCUT2D eigenvalue weighted by Crippen LogP contribution is -2.29. The minimum Gasteiger partial charge on any atom is -0.478 e. The summed E-state index contributed by atoms with van der Waals surface area (Å²) < 4.78 is 25.7. The van der Waals surface area contributed by atoms with Crippen LogP contribution in [0.3, 0.4) is 0 Å². The monoisotopic (exact) mass is 270 g/mol. The third-order valence-corrected chi connectivity index (χ3v) is 3.52. The van der Waals surface area contributed by atoms with Crippen LogP contribution >= 0.6 is 0 Å². The van der Waals surface area contributed by atoms with Gasteiger partial charge in [0.2, 0.25) is 10.0 Å². The molecule has 18 heavy (non-hydrogen) atoms. The Morgan fingerprint density at radius 1 is 1.33 bits per heavy atom. The molecule has 0 spiro atoms. The first-order valence-electron chi connectivity index (χ1n) is 5.16. The second-order valence-corrected chi connectivity index (χ2v) is 5.19. The lowest BCUT2D eigenvalue weighted by Gasteiger charge is -2.05. The van der Waals surface area contributed by atoms with E-state index in [0.717, 1.165) is 6.08 Å².